The molecule has 0 saturated carbocycles. The average Bonchev–Trinajstić information content (AvgIpc) is 1.63. The van der Waals surface area contributed by atoms with Crippen LogP contribution in [0.2, 0.25) is 0 Å². The van der Waals surface area contributed by atoms with Gasteiger partial charge in [0, 0.05) is 97.3 Å². The second-order valence-corrected chi connectivity index (χ2v) is 24.6. The Morgan fingerprint density at radius 1 is 0.385 bits per heavy atom. The molecule has 0 spiro atoms. The van der Waals surface area contributed by atoms with Crippen molar-refractivity contribution in [3.05, 3.63) is 199 Å². The number of aliphatic hydroxyl groups excluding tert-OH is 6. The highest BCUT2D eigenvalue weighted by Gasteiger charge is 2.54. The number of alkyl halides is 6. The lowest BCUT2D eigenvalue weighted by Crippen LogP contribution is -2.43. The Kier molecular flexibility index (Phi) is 28.1. The number of halogens is 6. The van der Waals surface area contributed by atoms with Crippen LogP contribution in [0.4, 0.5) is 26.3 Å². The molecule has 12 N–H and O–H groups in total. The van der Waals surface area contributed by atoms with Crippen molar-refractivity contribution in [1.29, 1.82) is 0 Å². The largest absolute Gasteiger partial charge is 0.394 e. The fourth-order valence-electron chi connectivity index (χ4n) is 11.7. The lowest BCUT2D eigenvalue weighted by atomic mass is 9.89. The third kappa shape index (κ3) is 18.1. The Balaban J connectivity index is 0.000000175. The Bertz CT molecular complexity index is 4260. The highest BCUT2D eigenvalue weighted by atomic mass is 19.2. The first-order valence-electron chi connectivity index (χ1n) is 32.1. The summed E-state index contributed by atoms with van der Waals surface area (Å²) in [6.45, 7) is 8.02. The molecular formula is C61H78F6N12O25. The highest BCUT2D eigenvalue weighted by Crippen LogP contribution is 2.43. The van der Waals surface area contributed by atoms with Crippen molar-refractivity contribution in [3.63, 3.8) is 0 Å². The summed E-state index contributed by atoms with van der Waals surface area (Å²) >= 11 is 0. The predicted octanol–water partition coefficient (Wildman–Crippen LogP) is -3.74. The van der Waals surface area contributed by atoms with E-state index in [0.29, 0.717) is 19.1 Å². The molecular weight excluding hydrogens is 1410 g/mol. The van der Waals surface area contributed by atoms with Crippen molar-refractivity contribution < 1.29 is 90.2 Å². The van der Waals surface area contributed by atoms with Crippen LogP contribution in [0.3, 0.4) is 0 Å². The smallest absolute Gasteiger partial charge is 0.330 e. The van der Waals surface area contributed by atoms with Gasteiger partial charge in [0.2, 0.25) is 0 Å². The zero-order valence-electron chi connectivity index (χ0n) is 55.9. The van der Waals surface area contributed by atoms with E-state index in [4.69, 9.17) is 38.6 Å². The van der Waals surface area contributed by atoms with Gasteiger partial charge < -0.3 is 63.9 Å². The molecule has 23 atom stereocenters. The molecule has 104 heavy (non-hydrogen) atoms. The molecule has 6 aliphatic heterocycles. The standard InChI is InChI=1S/C11H15FN2O5.C11H15FN2O3.C10H13FN2O4.C10H11FN2O4.C10H13FN2O4.C9H11FN2O5/c1-6-8(12)9(19-11(6,4-15)5-16)14-3-2-7(17)13-10(14)18;1-3-7-6(2)9(12)10(17-7)14-5-4-8(15)13-11(14)16;2*1-5-6(4-14)17-9(8(5)11)13-3-2-7(15)12-10(13)16;1-2-5-8(15)7(11)9(17-5)13-4-3-6(14)12-10(13)16;10-6-7(15)4(3-13)17-8(6)12-2-1-5(14)11-9(12)16/h2-3,6,8-9,15-16H,4-5H2,1H3,(H,13,17,18);4-7,9-10H,3H2,1-2H3,(H,13,15,16);2-3,5-6,8-9,14H,4H2,1H3,(H,12,15,16);2-6,8-9H,1H3,(H,12,15,16);3-5,7-9,15H,2H2,1H3,(H,12,14,16);1-2,4,6-8,13,15H,3H2,(H,11,14,16)/t6-,8-,9+;6-,7-,9+,10-;2*5-,6-,8+,9-;5-,7+,8-,9-;4-,6+,7-,8-/m011111/s1. The van der Waals surface area contributed by atoms with Crippen LogP contribution < -0.4 is 67.5 Å². The molecule has 6 fully saturated rings. The van der Waals surface area contributed by atoms with Gasteiger partial charge in [-0.05, 0) is 12.8 Å². The molecule has 12 heterocycles. The van der Waals surface area contributed by atoms with Crippen LogP contribution in [-0.4, -0.2) is 206 Å². The number of carbonyl (C=O) groups excluding carboxylic acids is 1. The third-order valence-corrected chi connectivity index (χ3v) is 18.0. The molecule has 0 amide bonds. The number of aromatic nitrogens is 12. The Morgan fingerprint density at radius 2 is 0.654 bits per heavy atom. The van der Waals surface area contributed by atoms with Crippen LogP contribution in [0, 0.1) is 23.7 Å². The lowest BCUT2D eigenvalue weighted by Gasteiger charge is -2.28. The summed E-state index contributed by atoms with van der Waals surface area (Å²) in [6.07, 6.45) is -14.0. The second-order valence-electron chi connectivity index (χ2n) is 24.6. The number of aliphatic hydroxyl groups is 6. The molecule has 6 aromatic heterocycles. The van der Waals surface area contributed by atoms with E-state index in [1.165, 1.54) is 32.3 Å². The Hall–Kier alpha value is -9.15. The van der Waals surface area contributed by atoms with E-state index in [1.54, 1.807) is 20.8 Å². The van der Waals surface area contributed by atoms with Crippen LogP contribution >= 0.6 is 0 Å². The zero-order chi connectivity index (χ0) is 77.1. The molecule has 6 aromatic rings. The van der Waals surface area contributed by atoms with Crippen molar-refractivity contribution in [2.24, 2.45) is 23.7 Å². The molecule has 0 aliphatic carbocycles. The van der Waals surface area contributed by atoms with Gasteiger partial charge in [-0.15, -0.1) is 0 Å². The number of H-pyrrole nitrogens is 6. The van der Waals surface area contributed by atoms with Crippen LogP contribution in [-0.2, 0) is 33.2 Å². The summed E-state index contributed by atoms with van der Waals surface area (Å²) in [4.78, 5) is 157. The van der Waals surface area contributed by atoms with Gasteiger partial charge in [-0.25, -0.2) is 55.1 Å². The fourth-order valence-corrected chi connectivity index (χ4v) is 11.7. The molecule has 0 bridgehead atoms. The molecule has 43 heteroatoms. The number of rotatable bonds is 13. The maximum absolute atomic E-state index is 14.2. The molecule has 37 nitrogen and oxygen atoms in total. The first-order valence-corrected chi connectivity index (χ1v) is 32.1. The predicted molar refractivity (Wildman–Crippen MR) is 343 cm³/mol. The molecule has 0 aromatic carbocycles. The van der Waals surface area contributed by atoms with Crippen molar-refractivity contribution >= 4 is 6.29 Å². The minimum atomic E-state index is -1.85. The number of hydrogen-bond donors (Lipinski definition) is 12. The van der Waals surface area contributed by atoms with E-state index >= 15 is 0 Å². The topological polar surface area (TPSA) is 523 Å². The monoisotopic (exact) mass is 1490 g/mol. The molecule has 574 valence electrons. The van der Waals surface area contributed by atoms with Gasteiger partial charge in [0.15, 0.2) is 74.4 Å². The normalized spacial score (nSPS) is 32.2. The highest BCUT2D eigenvalue weighted by molar-refractivity contribution is 5.57. The number of nitrogens with zero attached hydrogens (tertiary/aromatic N) is 6. The van der Waals surface area contributed by atoms with E-state index in [2.05, 4.69) is 4.98 Å². The van der Waals surface area contributed by atoms with E-state index in [1.807, 2.05) is 31.8 Å². The molecule has 0 radical (unpaired) electrons. The summed E-state index contributed by atoms with van der Waals surface area (Å²) < 4.78 is 121. The minimum Gasteiger partial charge on any atom is -0.394 e. The average molecular weight is 1490 g/mol. The van der Waals surface area contributed by atoms with Gasteiger partial charge in [0.25, 0.3) is 33.4 Å². The van der Waals surface area contributed by atoms with Gasteiger partial charge in [0.05, 0.1) is 44.7 Å². The van der Waals surface area contributed by atoms with Crippen LogP contribution in [0.15, 0.2) is 131 Å². The van der Waals surface area contributed by atoms with Gasteiger partial charge in [-0.1, -0.05) is 41.5 Å². The van der Waals surface area contributed by atoms with Crippen LogP contribution in [0.1, 0.15) is 91.8 Å². The van der Waals surface area contributed by atoms with E-state index in [0.717, 1.165) is 82.5 Å². The van der Waals surface area contributed by atoms with Gasteiger partial charge in [-0.2, -0.15) is 0 Å². The molecule has 6 saturated heterocycles. The van der Waals surface area contributed by atoms with E-state index in [9.17, 15) is 109 Å². The summed E-state index contributed by atoms with van der Waals surface area (Å²) in [7, 11) is 0. The minimum absolute atomic E-state index is 0.200. The first-order chi connectivity index (χ1) is 49.2. The zero-order valence-corrected chi connectivity index (χ0v) is 55.9. The van der Waals surface area contributed by atoms with Crippen molar-refractivity contribution in [1.82, 2.24) is 57.3 Å². The third-order valence-electron chi connectivity index (χ3n) is 18.0. The molecule has 12 rings (SSSR count). The Morgan fingerprint density at radius 3 is 0.904 bits per heavy atom. The van der Waals surface area contributed by atoms with Crippen molar-refractivity contribution in [3.8, 4) is 0 Å². The van der Waals surface area contributed by atoms with Crippen molar-refractivity contribution in [2.75, 3.05) is 26.4 Å². The van der Waals surface area contributed by atoms with Gasteiger partial charge in [-0.3, -0.25) is 86.1 Å². The number of ether oxygens (including phenoxy) is 6. The summed E-state index contributed by atoms with van der Waals surface area (Å²) in [5.74, 6) is -2.20. The number of hydrogen-bond acceptors (Lipinski definition) is 25. The number of aldehydes is 1. The SMILES string of the molecule is CC[C@H]1O[C@@H](n2ccc(=O)[nH]c2=O)[C@@H](F)[C@@H]1C.CC[C@H]1O[C@@H](n2ccc(=O)[nH]c2=O)[C@@H](F)[C@@H]1O.C[C@H]1[C@H](F)[C@H](n2ccc(=O)[nH]c2=O)OC1(CO)CO.C[C@H]1[C@H](F)[C@H](n2ccc(=O)[nH]c2=O)O[C@@H]1C=O.C[C@H]1[C@H](F)[C@H](n2ccc(=O)[nH]c2=O)O[C@@H]1CO.O=c1ccn([C@@H]2O[C@H](CO)[C@@H](O)[C@@H]2F)c(=O)[nH]1. The maximum Gasteiger partial charge on any atom is 0.330 e. The lowest BCUT2D eigenvalue weighted by molar-refractivity contribution is -0.136. The number of carbonyl (C=O) groups is 1. The van der Waals surface area contributed by atoms with Crippen molar-refractivity contribution in [2.45, 2.75) is 177 Å². The van der Waals surface area contributed by atoms with Gasteiger partial charge in [0.1, 0.15) is 36.3 Å². The quantitative estimate of drug-likeness (QED) is 0.0390. The van der Waals surface area contributed by atoms with Crippen LogP contribution in [0.25, 0.3) is 0 Å². The Labute approximate surface area is 578 Å². The van der Waals surface area contributed by atoms with E-state index in [-0.39, 0.29) is 18.6 Å². The molecule has 0 unspecified atom stereocenters. The summed E-state index contributed by atoms with van der Waals surface area (Å²) in [5.41, 5.74) is -9.37. The summed E-state index contributed by atoms with van der Waals surface area (Å²) in [6, 6.07) is 6.60. The van der Waals surface area contributed by atoms with Crippen LogP contribution in [0.5, 0.6) is 0 Å². The number of nitrogens with one attached hydrogen (secondary N) is 6. The summed E-state index contributed by atoms with van der Waals surface area (Å²) in [5, 5.41) is 55.3. The maximum atomic E-state index is 14.2. The second kappa shape index (κ2) is 35.6. The fraction of sp³-hybridized carbons (Fsp3) is 0.590. The first kappa shape index (κ1) is 82.1. The number of aromatic amines is 6. The van der Waals surface area contributed by atoms with E-state index < -0.39 is 222 Å². The van der Waals surface area contributed by atoms with Gasteiger partial charge >= 0.3 is 34.1 Å². The molecule has 6 aliphatic rings.